The summed E-state index contributed by atoms with van der Waals surface area (Å²) >= 11 is 0. The fourth-order valence-electron chi connectivity index (χ4n) is 2.66. The molecule has 1 amide bonds. The summed E-state index contributed by atoms with van der Waals surface area (Å²) in [6.45, 7) is 2.42. The van der Waals surface area contributed by atoms with Crippen molar-refractivity contribution in [2.24, 2.45) is 0 Å². The van der Waals surface area contributed by atoms with E-state index in [-0.39, 0.29) is 12.5 Å². The Kier molecular flexibility index (Phi) is 3.24. The number of nitrogens with zero attached hydrogens (tertiary/aromatic N) is 2. The number of amides is 1. The van der Waals surface area contributed by atoms with Crippen LogP contribution in [0.1, 0.15) is 22.7 Å². The van der Waals surface area contributed by atoms with E-state index in [1.807, 2.05) is 0 Å². The van der Waals surface area contributed by atoms with Gasteiger partial charge >= 0.3 is 0 Å². The Balaban J connectivity index is 1.92. The molecule has 1 aromatic carbocycles. The largest absolute Gasteiger partial charge is 0.441 e. The monoisotopic (exact) mass is 308 g/mol. The van der Waals surface area contributed by atoms with Crippen LogP contribution < -0.4 is 0 Å². The molecule has 7 heteroatoms. The fraction of sp³-hybridized carbons (Fsp3) is 0.429. The normalized spacial score (nSPS) is 19.3. The number of hydrogen-bond acceptors (Lipinski definition) is 5. The standard InChI is InChI=1S/C14H16N2O4S/c1-9-15-13-11(4-3-5-12(13)20-9)14(17)16-7-6-10(8-16)21(2,18)19/h3-5,10H,6-8H2,1-2H3. The predicted octanol–water partition coefficient (Wildman–Crippen LogP) is 1.40. The van der Waals surface area contributed by atoms with E-state index in [2.05, 4.69) is 4.98 Å². The number of carbonyl (C=O) groups is 1. The number of fused-ring (bicyclic) bond motifs is 1. The Labute approximate surface area is 122 Å². The molecule has 2 heterocycles. The summed E-state index contributed by atoms with van der Waals surface area (Å²) in [5.41, 5.74) is 1.55. The molecule has 112 valence electrons. The number of para-hydroxylation sites is 1. The molecule has 6 nitrogen and oxygen atoms in total. The molecule has 0 spiro atoms. The zero-order chi connectivity index (χ0) is 15.2. The maximum absolute atomic E-state index is 12.6. The SMILES string of the molecule is Cc1nc2c(C(=O)N3CCC(S(C)(=O)=O)C3)cccc2o1. The highest BCUT2D eigenvalue weighted by atomic mass is 32.2. The second-order valence-electron chi connectivity index (χ2n) is 5.38. The molecule has 0 aliphatic carbocycles. The van der Waals surface area contributed by atoms with Gasteiger partial charge in [0.05, 0.1) is 10.8 Å². The minimum Gasteiger partial charge on any atom is -0.441 e. The lowest BCUT2D eigenvalue weighted by Gasteiger charge is -2.16. The summed E-state index contributed by atoms with van der Waals surface area (Å²) in [4.78, 5) is 18.4. The van der Waals surface area contributed by atoms with Crippen LogP contribution in [0.15, 0.2) is 22.6 Å². The van der Waals surface area contributed by atoms with E-state index in [1.54, 1.807) is 30.0 Å². The number of aromatic nitrogens is 1. The van der Waals surface area contributed by atoms with Crippen molar-refractivity contribution in [2.45, 2.75) is 18.6 Å². The molecule has 21 heavy (non-hydrogen) atoms. The van der Waals surface area contributed by atoms with E-state index in [1.165, 1.54) is 6.26 Å². The Bertz CT molecular complexity index is 809. The lowest BCUT2D eigenvalue weighted by molar-refractivity contribution is 0.0795. The predicted molar refractivity (Wildman–Crippen MR) is 77.9 cm³/mol. The van der Waals surface area contributed by atoms with Gasteiger partial charge in [-0.25, -0.2) is 13.4 Å². The summed E-state index contributed by atoms with van der Waals surface area (Å²) in [5.74, 6) is 0.306. The van der Waals surface area contributed by atoms with Gasteiger partial charge < -0.3 is 9.32 Å². The highest BCUT2D eigenvalue weighted by Crippen LogP contribution is 2.23. The Morgan fingerprint density at radius 1 is 1.43 bits per heavy atom. The van der Waals surface area contributed by atoms with Gasteiger partial charge in [0.1, 0.15) is 5.52 Å². The number of hydrogen-bond donors (Lipinski definition) is 0. The minimum absolute atomic E-state index is 0.194. The minimum atomic E-state index is -3.12. The number of aryl methyl sites for hydroxylation is 1. The molecule has 1 atom stereocenters. The van der Waals surface area contributed by atoms with E-state index < -0.39 is 15.1 Å². The van der Waals surface area contributed by atoms with E-state index in [4.69, 9.17) is 4.42 Å². The molecule has 0 bridgehead atoms. The van der Waals surface area contributed by atoms with Gasteiger partial charge in [0.2, 0.25) is 0 Å². The highest BCUT2D eigenvalue weighted by Gasteiger charge is 2.33. The second kappa shape index (κ2) is 4.84. The zero-order valence-corrected chi connectivity index (χ0v) is 12.7. The molecule has 0 radical (unpaired) electrons. The molecule has 1 saturated heterocycles. The van der Waals surface area contributed by atoms with Crippen molar-refractivity contribution in [3.63, 3.8) is 0 Å². The molecular weight excluding hydrogens is 292 g/mol. The average Bonchev–Trinajstić information content (AvgIpc) is 3.01. The smallest absolute Gasteiger partial charge is 0.256 e. The van der Waals surface area contributed by atoms with Gasteiger partial charge in [0.25, 0.3) is 5.91 Å². The quantitative estimate of drug-likeness (QED) is 0.837. The average molecular weight is 308 g/mol. The van der Waals surface area contributed by atoms with Crippen LogP contribution in [0, 0.1) is 6.92 Å². The number of benzene rings is 1. The third-order valence-corrected chi connectivity index (χ3v) is 5.39. The number of likely N-dealkylation sites (tertiary alicyclic amines) is 1. The maximum atomic E-state index is 12.6. The lowest BCUT2D eigenvalue weighted by Crippen LogP contribution is -2.31. The van der Waals surface area contributed by atoms with Crippen LogP contribution in [0.2, 0.25) is 0 Å². The fourth-order valence-corrected chi connectivity index (χ4v) is 3.65. The Hall–Kier alpha value is -1.89. The third-order valence-electron chi connectivity index (χ3n) is 3.79. The van der Waals surface area contributed by atoms with Gasteiger partial charge in [0, 0.05) is 26.3 Å². The van der Waals surface area contributed by atoms with Gasteiger partial charge in [0.15, 0.2) is 21.3 Å². The summed E-state index contributed by atoms with van der Waals surface area (Å²) in [5, 5.41) is -0.473. The van der Waals surface area contributed by atoms with Crippen LogP contribution in [0.5, 0.6) is 0 Å². The summed E-state index contributed by atoms with van der Waals surface area (Å²) in [6, 6.07) is 5.19. The highest BCUT2D eigenvalue weighted by molar-refractivity contribution is 7.91. The van der Waals surface area contributed by atoms with Crippen LogP contribution in [0.25, 0.3) is 11.1 Å². The van der Waals surface area contributed by atoms with Crippen LogP contribution >= 0.6 is 0 Å². The molecule has 1 aliphatic rings. The topological polar surface area (TPSA) is 80.5 Å². The van der Waals surface area contributed by atoms with Crippen molar-refractivity contribution in [3.8, 4) is 0 Å². The number of rotatable bonds is 2. The van der Waals surface area contributed by atoms with Gasteiger partial charge in [-0.3, -0.25) is 4.79 Å². The van der Waals surface area contributed by atoms with E-state index >= 15 is 0 Å². The van der Waals surface area contributed by atoms with Crippen LogP contribution in [-0.4, -0.2) is 48.8 Å². The Morgan fingerprint density at radius 2 is 2.19 bits per heavy atom. The van der Waals surface area contributed by atoms with Crippen molar-refractivity contribution in [2.75, 3.05) is 19.3 Å². The molecule has 1 fully saturated rings. The number of oxazole rings is 1. The molecule has 0 N–H and O–H groups in total. The van der Waals surface area contributed by atoms with Gasteiger partial charge in [-0.05, 0) is 18.6 Å². The molecule has 1 aliphatic heterocycles. The van der Waals surface area contributed by atoms with Gasteiger partial charge in [-0.15, -0.1) is 0 Å². The lowest BCUT2D eigenvalue weighted by atomic mass is 10.1. The number of sulfone groups is 1. The third kappa shape index (κ3) is 2.53. The molecule has 1 aromatic heterocycles. The first-order valence-electron chi connectivity index (χ1n) is 6.70. The van der Waals surface area contributed by atoms with Crippen molar-refractivity contribution >= 4 is 26.8 Å². The first-order valence-corrected chi connectivity index (χ1v) is 8.66. The van der Waals surface area contributed by atoms with E-state index in [9.17, 15) is 13.2 Å². The zero-order valence-electron chi connectivity index (χ0n) is 11.9. The first kappa shape index (κ1) is 14.1. The second-order valence-corrected chi connectivity index (χ2v) is 7.70. The Morgan fingerprint density at radius 3 is 2.86 bits per heavy atom. The molecule has 2 aromatic rings. The van der Waals surface area contributed by atoms with Crippen molar-refractivity contribution in [3.05, 3.63) is 29.7 Å². The van der Waals surface area contributed by atoms with Crippen LogP contribution in [-0.2, 0) is 9.84 Å². The van der Waals surface area contributed by atoms with Gasteiger partial charge in [-0.2, -0.15) is 0 Å². The van der Waals surface area contributed by atoms with E-state index in [0.29, 0.717) is 35.5 Å². The first-order chi connectivity index (χ1) is 9.86. The van der Waals surface area contributed by atoms with Crippen LogP contribution in [0.4, 0.5) is 0 Å². The molecule has 0 saturated carbocycles. The van der Waals surface area contributed by atoms with Crippen LogP contribution in [0.3, 0.4) is 0 Å². The summed E-state index contributed by atoms with van der Waals surface area (Å²) in [7, 11) is -3.12. The molecular formula is C14H16N2O4S. The van der Waals surface area contributed by atoms with Gasteiger partial charge in [-0.1, -0.05) is 6.07 Å². The maximum Gasteiger partial charge on any atom is 0.256 e. The molecule has 1 unspecified atom stereocenters. The van der Waals surface area contributed by atoms with Crippen molar-refractivity contribution < 1.29 is 17.6 Å². The number of carbonyl (C=O) groups excluding carboxylic acids is 1. The molecule has 3 rings (SSSR count). The van der Waals surface area contributed by atoms with Crippen molar-refractivity contribution in [1.29, 1.82) is 0 Å². The summed E-state index contributed by atoms with van der Waals surface area (Å²) in [6.07, 6.45) is 1.70. The van der Waals surface area contributed by atoms with Crippen molar-refractivity contribution in [1.82, 2.24) is 9.88 Å². The summed E-state index contributed by atoms with van der Waals surface area (Å²) < 4.78 is 28.6. The van der Waals surface area contributed by atoms with E-state index in [0.717, 1.165) is 0 Å².